The predicted octanol–water partition coefficient (Wildman–Crippen LogP) is 1.53. The average molecular weight is 270 g/mol. The zero-order valence-electron chi connectivity index (χ0n) is 11.1. The van der Waals surface area contributed by atoms with Gasteiger partial charge in [0.15, 0.2) is 0 Å². The van der Waals surface area contributed by atoms with Crippen molar-refractivity contribution >= 4 is 10.0 Å². The molecule has 0 radical (unpaired) electrons. The van der Waals surface area contributed by atoms with Crippen molar-refractivity contribution in [1.29, 1.82) is 0 Å². The first-order valence-corrected chi connectivity index (χ1v) is 7.81. The Morgan fingerprint density at radius 3 is 2.33 bits per heavy atom. The van der Waals surface area contributed by atoms with E-state index in [4.69, 9.17) is 0 Å². The number of hydrogen-bond donors (Lipinski definition) is 2. The van der Waals surface area contributed by atoms with E-state index in [1.54, 1.807) is 12.1 Å². The van der Waals surface area contributed by atoms with E-state index in [9.17, 15) is 8.42 Å². The minimum atomic E-state index is -3.31. The van der Waals surface area contributed by atoms with Crippen LogP contribution in [0.25, 0.3) is 0 Å². The summed E-state index contributed by atoms with van der Waals surface area (Å²) in [6.07, 6.45) is 3.19. The molecule has 2 N–H and O–H groups in total. The summed E-state index contributed by atoms with van der Waals surface area (Å²) in [6.45, 7) is 4.21. The van der Waals surface area contributed by atoms with Gasteiger partial charge in [-0.3, -0.25) is 0 Å². The Balaban J connectivity index is 2.46. The molecule has 0 aliphatic carbocycles. The van der Waals surface area contributed by atoms with Crippen LogP contribution in [0.2, 0.25) is 0 Å². The molecule has 0 saturated carbocycles. The van der Waals surface area contributed by atoms with Crippen LogP contribution in [0, 0.1) is 0 Å². The van der Waals surface area contributed by atoms with Crippen LogP contribution in [-0.2, 0) is 16.4 Å². The molecule has 0 aromatic heterocycles. The summed E-state index contributed by atoms with van der Waals surface area (Å²) in [5.74, 6) is 0. The van der Waals surface area contributed by atoms with Crippen molar-refractivity contribution in [3.05, 3.63) is 29.8 Å². The van der Waals surface area contributed by atoms with E-state index in [1.807, 2.05) is 12.1 Å². The smallest absolute Gasteiger partial charge is 0.240 e. The van der Waals surface area contributed by atoms with Gasteiger partial charge in [0.05, 0.1) is 4.90 Å². The van der Waals surface area contributed by atoms with Gasteiger partial charge in [-0.1, -0.05) is 19.1 Å². The molecule has 0 saturated heterocycles. The fourth-order valence-corrected chi connectivity index (χ4v) is 2.40. The normalized spacial score (nSPS) is 11.7. The summed E-state index contributed by atoms with van der Waals surface area (Å²) in [6, 6.07) is 7.06. The van der Waals surface area contributed by atoms with Crippen LogP contribution in [0.5, 0.6) is 0 Å². The molecule has 18 heavy (non-hydrogen) atoms. The van der Waals surface area contributed by atoms with Crippen molar-refractivity contribution in [2.45, 2.75) is 31.1 Å². The molecule has 0 aliphatic heterocycles. The van der Waals surface area contributed by atoms with Gasteiger partial charge in [-0.2, -0.15) is 0 Å². The highest BCUT2D eigenvalue weighted by Crippen LogP contribution is 2.11. The minimum absolute atomic E-state index is 0.317. The molecule has 1 aromatic rings. The number of hydrogen-bond acceptors (Lipinski definition) is 3. The molecular formula is C13H22N2O2S. The second-order valence-electron chi connectivity index (χ2n) is 4.21. The Kier molecular flexibility index (Phi) is 6.32. The van der Waals surface area contributed by atoms with Crippen molar-refractivity contribution < 1.29 is 8.42 Å². The molecular weight excluding hydrogens is 248 g/mol. The zero-order valence-corrected chi connectivity index (χ0v) is 11.9. The lowest BCUT2D eigenvalue weighted by molar-refractivity contribution is 0.588. The van der Waals surface area contributed by atoms with Crippen molar-refractivity contribution in [2.75, 3.05) is 20.1 Å². The lowest BCUT2D eigenvalue weighted by Gasteiger charge is -2.05. The molecule has 102 valence electrons. The predicted molar refractivity (Wildman–Crippen MR) is 74.2 cm³/mol. The molecule has 0 aliphatic rings. The van der Waals surface area contributed by atoms with Gasteiger partial charge in [-0.05, 0) is 57.1 Å². The van der Waals surface area contributed by atoms with E-state index in [0.717, 1.165) is 32.4 Å². The van der Waals surface area contributed by atoms with E-state index >= 15 is 0 Å². The Bertz CT molecular complexity index is 441. The van der Waals surface area contributed by atoms with Crippen molar-refractivity contribution in [3.63, 3.8) is 0 Å². The maximum atomic E-state index is 11.5. The summed E-state index contributed by atoms with van der Waals surface area (Å²) in [7, 11) is -1.89. The monoisotopic (exact) mass is 270 g/mol. The van der Waals surface area contributed by atoms with Crippen LogP contribution < -0.4 is 10.0 Å². The summed E-state index contributed by atoms with van der Waals surface area (Å²) < 4.78 is 25.4. The molecule has 0 fully saturated rings. The van der Waals surface area contributed by atoms with Crippen LogP contribution in [0.15, 0.2) is 29.2 Å². The molecule has 1 aromatic carbocycles. The van der Waals surface area contributed by atoms with Gasteiger partial charge < -0.3 is 5.32 Å². The number of rotatable bonds is 8. The average Bonchev–Trinajstić information content (AvgIpc) is 2.39. The van der Waals surface area contributed by atoms with Gasteiger partial charge in [0.1, 0.15) is 0 Å². The number of sulfonamides is 1. The minimum Gasteiger partial charge on any atom is -0.317 e. The lowest BCUT2D eigenvalue weighted by Crippen LogP contribution is -2.18. The van der Waals surface area contributed by atoms with Crippen LogP contribution in [0.1, 0.15) is 25.3 Å². The second-order valence-corrected chi connectivity index (χ2v) is 6.09. The zero-order chi connectivity index (χ0) is 13.4. The standard InChI is InChI=1S/C13H22N2O2S/c1-3-10-15-11-4-5-12-6-8-13(9-7-12)18(16,17)14-2/h6-9,14-15H,3-5,10-11H2,1-2H3. The highest BCUT2D eigenvalue weighted by atomic mass is 32.2. The summed E-state index contributed by atoms with van der Waals surface area (Å²) in [5, 5.41) is 3.34. The largest absolute Gasteiger partial charge is 0.317 e. The fourth-order valence-electron chi connectivity index (χ4n) is 1.67. The third-order valence-electron chi connectivity index (χ3n) is 2.75. The van der Waals surface area contributed by atoms with Gasteiger partial charge in [-0.25, -0.2) is 13.1 Å². The molecule has 0 unspecified atom stereocenters. The second kappa shape index (κ2) is 7.51. The molecule has 0 heterocycles. The first kappa shape index (κ1) is 15.1. The van der Waals surface area contributed by atoms with E-state index in [0.29, 0.717) is 4.90 Å². The Morgan fingerprint density at radius 1 is 1.11 bits per heavy atom. The maximum Gasteiger partial charge on any atom is 0.240 e. The SMILES string of the molecule is CCCNCCCc1ccc(S(=O)(=O)NC)cc1. The Labute approximate surface area is 110 Å². The topological polar surface area (TPSA) is 58.2 Å². The van der Waals surface area contributed by atoms with E-state index in [-0.39, 0.29) is 0 Å². The molecule has 0 spiro atoms. The van der Waals surface area contributed by atoms with Crippen molar-refractivity contribution in [2.24, 2.45) is 0 Å². The fraction of sp³-hybridized carbons (Fsp3) is 0.538. The first-order valence-electron chi connectivity index (χ1n) is 6.33. The third kappa shape index (κ3) is 4.76. The highest BCUT2D eigenvalue weighted by Gasteiger charge is 2.09. The van der Waals surface area contributed by atoms with Crippen LogP contribution in [0.4, 0.5) is 0 Å². The van der Waals surface area contributed by atoms with Gasteiger partial charge in [0.25, 0.3) is 0 Å². The molecule has 0 amide bonds. The summed E-state index contributed by atoms with van der Waals surface area (Å²) in [4.78, 5) is 0.317. The Hall–Kier alpha value is -0.910. The highest BCUT2D eigenvalue weighted by molar-refractivity contribution is 7.89. The van der Waals surface area contributed by atoms with Gasteiger partial charge in [0, 0.05) is 0 Å². The first-order chi connectivity index (χ1) is 8.60. The van der Waals surface area contributed by atoms with Crippen LogP contribution >= 0.6 is 0 Å². The van der Waals surface area contributed by atoms with Gasteiger partial charge >= 0.3 is 0 Å². The third-order valence-corrected chi connectivity index (χ3v) is 4.18. The summed E-state index contributed by atoms with van der Waals surface area (Å²) in [5.41, 5.74) is 1.17. The maximum absolute atomic E-state index is 11.5. The van der Waals surface area contributed by atoms with Gasteiger partial charge in [0.2, 0.25) is 10.0 Å². The van der Waals surface area contributed by atoms with Crippen LogP contribution in [-0.4, -0.2) is 28.6 Å². The quantitative estimate of drug-likeness (QED) is 0.704. The number of aryl methyl sites for hydroxylation is 1. The lowest BCUT2D eigenvalue weighted by atomic mass is 10.1. The molecule has 0 bridgehead atoms. The number of benzene rings is 1. The molecule has 1 rings (SSSR count). The molecule has 5 heteroatoms. The Morgan fingerprint density at radius 2 is 1.78 bits per heavy atom. The van der Waals surface area contributed by atoms with E-state index in [1.165, 1.54) is 12.6 Å². The van der Waals surface area contributed by atoms with E-state index in [2.05, 4.69) is 17.0 Å². The van der Waals surface area contributed by atoms with E-state index < -0.39 is 10.0 Å². The van der Waals surface area contributed by atoms with Crippen molar-refractivity contribution in [1.82, 2.24) is 10.0 Å². The molecule has 0 atom stereocenters. The van der Waals surface area contributed by atoms with Crippen molar-refractivity contribution in [3.8, 4) is 0 Å². The van der Waals surface area contributed by atoms with Gasteiger partial charge in [-0.15, -0.1) is 0 Å². The van der Waals surface area contributed by atoms with Crippen LogP contribution in [0.3, 0.4) is 0 Å². The summed E-state index contributed by atoms with van der Waals surface area (Å²) >= 11 is 0. The number of nitrogens with one attached hydrogen (secondary N) is 2. The molecule has 4 nitrogen and oxygen atoms in total.